The molecular formula is C14H28O3. The molecule has 17 heavy (non-hydrogen) atoms. The van der Waals surface area contributed by atoms with Crippen LogP contribution in [-0.4, -0.2) is 37.1 Å². The van der Waals surface area contributed by atoms with Crippen molar-refractivity contribution in [3.8, 4) is 0 Å². The van der Waals surface area contributed by atoms with Crippen molar-refractivity contribution in [3.05, 3.63) is 0 Å². The van der Waals surface area contributed by atoms with E-state index in [1.54, 1.807) is 0 Å². The molecule has 0 spiro atoms. The van der Waals surface area contributed by atoms with Crippen molar-refractivity contribution < 1.29 is 14.6 Å². The van der Waals surface area contributed by atoms with Crippen LogP contribution in [-0.2, 0) is 9.47 Å². The van der Waals surface area contributed by atoms with E-state index in [2.05, 4.69) is 13.8 Å². The normalized spacial score (nSPS) is 26.8. The maximum Gasteiger partial charge on any atom is 0.0835 e. The van der Waals surface area contributed by atoms with Crippen LogP contribution in [0, 0.1) is 5.92 Å². The van der Waals surface area contributed by atoms with Crippen molar-refractivity contribution in [3.63, 3.8) is 0 Å². The number of rotatable bonds is 6. The molecule has 0 heterocycles. The van der Waals surface area contributed by atoms with Gasteiger partial charge in [0.15, 0.2) is 0 Å². The fraction of sp³-hybridized carbons (Fsp3) is 1.00. The zero-order chi connectivity index (χ0) is 12.5. The third-order valence-corrected chi connectivity index (χ3v) is 3.18. The molecule has 0 aromatic heterocycles. The van der Waals surface area contributed by atoms with Crippen LogP contribution in [0.5, 0.6) is 0 Å². The fourth-order valence-electron chi connectivity index (χ4n) is 2.20. The van der Waals surface area contributed by atoms with Gasteiger partial charge in [0, 0.05) is 6.61 Å². The highest BCUT2D eigenvalue weighted by Gasteiger charge is 2.20. The van der Waals surface area contributed by atoms with Gasteiger partial charge in [0.05, 0.1) is 25.4 Å². The van der Waals surface area contributed by atoms with E-state index in [4.69, 9.17) is 9.47 Å². The van der Waals surface area contributed by atoms with Gasteiger partial charge in [0.2, 0.25) is 0 Å². The van der Waals surface area contributed by atoms with Crippen molar-refractivity contribution in [2.45, 2.75) is 64.6 Å². The fourth-order valence-corrected chi connectivity index (χ4v) is 2.20. The lowest BCUT2D eigenvalue weighted by Gasteiger charge is -2.25. The summed E-state index contributed by atoms with van der Waals surface area (Å²) < 4.78 is 11.2. The van der Waals surface area contributed by atoms with Crippen LogP contribution in [0.3, 0.4) is 0 Å². The van der Waals surface area contributed by atoms with E-state index in [-0.39, 0.29) is 12.2 Å². The minimum atomic E-state index is -0.277. The number of ether oxygens (including phenoxy) is 2. The quantitative estimate of drug-likeness (QED) is 0.730. The Balaban J connectivity index is 2.10. The zero-order valence-corrected chi connectivity index (χ0v) is 11.4. The second kappa shape index (κ2) is 8.90. The lowest BCUT2D eigenvalue weighted by molar-refractivity contribution is -0.0671. The Morgan fingerprint density at radius 1 is 1.06 bits per heavy atom. The van der Waals surface area contributed by atoms with Gasteiger partial charge in [-0.15, -0.1) is 0 Å². The van der Waals surface area contributed by atoms with Crippen LogP contribution < -0.4 is 0 Å². The van der Waals surface area contributed by atoms with E-state index >= 15 is 0 Å². The standard InChI is InChI=1S/C14H28O3/c1-12(2)11-16-9-10-17-14-8-6-4-3-5-7-13(14)15/h12-15H,3-11H2,1-2H3. The van der Waals surface area contributed by atoms with Crippen LogP contribution in [0.4, 0.5) is 0 Å². The first-order chi connectivity index (χ1) is 8.20. The molecule has 1 N–H and O–H groups in total. The van der Waals surface area contributed by atoms with Crippen molar-refractivity contribution in [1.82, 2.24) is 0 Å². The molecule has 1 aliphatic rings. The van der Waals surface area contributed by atoms with Crippen LogP contribution in [0.25, 0.3) is 0 Å². The first-order valence-electron chi connectivity index (χ1n) is 7.07. The monoisotopic (exact) mass is 244 g/mol. The predicted molar refractivity (Wildman–Crippen MR) is 69.1 cm³/mol. The summed E-state index contributed by atoms with van der Waals surface area (Å²) in [5, 5.41) is 9.95. The summed E-state index contributed by atoms with van der Waals surface area (Å²) in [7, 11) is 0. The summed E-state index contributed by atoms with van der Waals surface area (Å²) in [6, 6.07) is 0. The van der Waals surface area contributed by atoms with E-state index in [1.807, 2.05) is 0 Å². The molecule has 0 saturated heterocycles. The smallest absolute Gasteiger partial charge is 0.0835 e. The van der Waals surface area contributed by atoms with E-state index < -0.39 is 0 Å². The Kier molecular flexibility index (Phi) is 7.82. The molecule has 1 rings (SSSR count). The molecule has 0 radical (unpaired) electrons. The zero-order valence-electron chi connectivity index (χ0n) is 11.4. The molecule has 0 aromatic rings. The number of aliphatic hydroxyl groups excluding tert-OH is 1. The van der Waals surface area contributed by atoms with E-state index in [0.29, 0.717) is 19.1 Å². The second-order valence-electron chi connectivity index (χ2n) is 5.44. The van der Waals surface area contributed by atoms with Crippen molar-refractivity contribution in [1.29, 1.82) is 0 Å². The van der Waals surface area contributed by atoms with Gasteiger partial charge in [0.1, 0.15) is 0 Å². The summed E-state index contributed by atoms with van der Waals surface area (Å²) in [5.41, 5.74) is 0. The molecule has 0 bridgehead atoms. The van der Waals surface area contributed by atoms with Gasteiger partial charge in [-0.25, -0.2) is 0 Å². The Labute approximate surface area is 105 Å². The highest BCUT2D eigenvalue weighted by molar-refractivity contribution is 4.72. The van der Waals surface area contributed by atoms with Crippen molar-refractivity contribution in [2.75, 3.05) is 19.8 Å². The minimum absolute atomic E-state index is 0.0259. The Morgan fingerprint density at radius 3 is 2.47 bits per heavy atom. The van der Waals surface area contributed by atoms with Crippen LogP contribution in [0.1, 0.15) is 52.4 Å². The topological polar surface area (TPSA) is 38.7 Å². The van der Waals surface area contributed by atoms with Crippen LogP contribution in [0.2, 0.25) is 0 Å². The van der Waals surface area contributed by atoms with Gasteiger partial charge in [-0.3, -0.25) is 0 Å². The number of hydrogen-bond acceptors (Lipinski definition) is 3. The van der Waals surface area contributed by atoms with Gasteiger partial charge in [-0.1, -0.05) is 39.5 Å². The number of hydrogen-bond donors (Lipinski definition) is 1. The summed E-state index contributed by atoms with van der Waals surface area (Å²) in [4.78, 5) is 0. The lowest BCUT2D eigenvalue weighted by atomic mass is 9.96. The molecule has 1 aliphatic carbocycles. The molecule has 102 valence electrons. The van der Waals surface area contributed by atoms with Crippen molar-refractivity contribution >= 4 is 0 Å². The largest absolute Gasteiger partial charge is 0.390 e. The lowest BCUT2D eigenvalue weighted by Crippen LogP contribution is -2.31. The molecule has 0 aromatic carbocycles. The first-order valence-corrected chi connectivity index (χ1v) is 7.07. The molecule has 3 nitrogen and oxygen atoms in total. The van der Waals surface area contributed by atoms with Gasteiger partial charge in [0.25, 0.3) is 0 Å². The Bertz CT molecular complexity index is 182. The SMILES string of the molecule is CC(C)COCCOC1CCCCCCC1O. The van der Waals surface area contributed by atoms with Gasteiger partial charge in [-0.05, 0) is 18.8 Å². The Hall–Kier alpha value is -0.120. The summed E-state index contributed by atoms with van der Waals surface area (Å²) in [6.07, 6.45) is 6.46. The molecule has 1 fully saturated rings. The average molecular weight is 244 g/mol. The predicted octanol–water partition coefficient (Wildman–Crippen LogP) is 2.76. The molecule has 3 heteroatoms. The van der Waals surface area contributed by atoms with Gasteiger partial charge in [-0.2, -0.15) is 0 Å². The van der Waals surface area contributed by atoms with Crippen molar-refractivity contribution in [2.24, 2.45) is 5.92 Å². The summed E-state index contributed by atoms with van der Waals surface area (Å²) >= 11 is 0. The Morgan fingerprint density at radius 2 is 1.76 bits per heavy atom. The third kappa shape index (κ3) is 7.02. The molecule has 2 unspecified atom stereocenters. The van der Waals surface area contributed by atoms with Crippen LogP contribution >= 0.6 is 0 Å². The van der Waals surface area contributed by atoms with Gasteiger partial charge >= 0.3 is 0 Å². The number of aliphatic hydroxyl groups is 1. The van der Waals surface area contributed by atoms with Gasteiger partial charge < -0.3 is 14.6 Å². The van der Waals surface area contributed by atoms with Crippen LogP contribution in [0.15, 0.2) is 0 Å². The summed E-state index contributed by atoms with van der Waals surface area (Å²) in [5.74, 6) is 0.571. The minimum Gasteiger partial charge on any atom is -0.390 e. The maximum absolute atomic E-state index is 9.95. The highest BCUT2D eigenvalue weighted by atomic mass is 16.5. The van der Waals surface area contributed by atoms with E-state index in [1.165, 1.54) is 19.3 Å². The molecule has 0 aliphatic heterocycles. The van der Waals surface area contributed by atoms with E-state index in [9.17, 15) is 5.11 Å². The highest BCUT2D eigenvalue weighted by Crippen LogP contribution is 2.20. The maximum atomic E-state index is 9.95. The average Bonchev–Trinajstić information content (AvgIpc) is 2.26. The first kappa shape index (κ1) is 14.9. The molecule has 0 amide bonds. The second-order valence-corrected chi connectivity index (χ2v) is 5.44. The molecule has 2 atom stereocenters. The molecular weight excluding hydrogens is 216 g/mol. The third-order valence-electron chi connectivity index (χ3n) is 3.18. The summed E-state index contributed by atoms with van der Waals surface area (Å²) in [6.45, 7) is 6.31. The molecule has 1 saturated carbocycles. The van der Waals surface area contributed by atoms with E-state index in [0.717, 1.165) is 25.9 Å².